The highest BCUT2D eigenvalue weighted by Gasteiger charge is 2.19. The summed E-state index contributed by atoms with van der Waals surface area (Å²) in [6.07, 6.45) is 1.41. The van der Waals surface area contributed by atoms with Gasteiger partial charge >= 0.3 is 0 Å². The summed E-state index contributed by atoms with van der Waals surface area (Å²) < 4.78 is 1.70. The fourth-order valence-electron chi connectivity index (χ4n) is 2.14. The molecule has 0 bridgehead atoms. The number of fused-ring (bicyclic) bond motifs is 1. The maximum absolute atomic E-state index is 12.3. The Morgan fingerprint density at radius 2 is 2.20 bits per heavy atom. The molecule has 0 aliphatic heterocycles. The number of nitrogens with one attached hydrogen (secondary N) is 2. The monoisotopic (exact) mass is 270 g/mol. The molecule has 0 spiro atoms. The fourth-order valence-corrected chi connectivity index (χ4v) is 2.14. The van der Waals surface area contributed by atoms with Crippen LogP contribution in [0.5, 0.6) is 0 Å². The average Bonchev–Trinajstić information content (AvgIpc) is 3.07. The lowest BCUT2D eigenvalue weighted by molar-refractivity contribution is 0.0934. The van der Waals surface area contributed by atoms with Gasteiger partial charge in [0, 0.05) is 12.4 Å². The van der Waals surface area contributed by atoms with Gasteiger partial charge in [0.05, 0.1) is 11.6 Å². The van der Waals surface area contributed by atoms with Gasteiger partial charge in [-0.3, -0.25) is 14.6 Å². The molecule has 2 aromatic heterocycles. The first-order valence-corrected chi connectivity index (χ1v) is 6.24. The molecule has 102 valence electrons. The molecule has 7 nitrogen and oxygen atoms in total. The Morgan fingerprint density at radius 3 is 2.95 bits per heavy atom. The van der Waals surface area contributed by atoms with Gasteiger partial charge in [-0.1, -0.05) is 18.2 Å². The predicted molar refractivity (Wildman–Crippen MR) is 73.0 cm³/mol. The van der Waals surface area contributed by atoms with Gasteiger partial charge in [-0.05, 0) is 13.0 Å². The third-order valence-corrected chi connectivity index (χ3v) is 3.16. The average molecular weight is 270 g/mol. The Balaban J connectivity index is 1.90. The highest BCUT2D eigenvalue weighted by Crippen LogP contribution is 2.18. The van der Waals surface area contributed by atoms with Gasteiger partial charge in [-0.2, -0.15) is 10.2 Å². The number of nitrogens with zero attached hydrogens (tertiary/aromatic N) is 4. The zero-order valence-electron chi connectivity index (χ0n) is 11.2. The van der Waals surface area contributed by atoms with E-state index in [0.29, 0.717) is 11.5 Å². The van der Waals surface area contributed by atoms with Gasteiger partial charge in [0.15, 0.2) is 5.69 Å². The SMILES string of the molecule is CC(NC(=O)c1nn(C)c2ccccc12)c1ncn[nH]1. The van der Waals surface area contributed by atoms with Crippen LogP contribution in [0, 0.1) is 0 Å². The molecular formula is C13H14N6O. The second kappa shape index (κ2) is 4.76. The standard InChI is InChI=1S/C13H14N6O/c1-8(12-14-7-15-17-12)16-13(20)11-9-5-3-4-6-10(9)19(2)18-11/h3-8H,1-2H3,(H,16,20)(H,14,15,17). The van der Waals surface area contributed by atoms with Crippen LogP contribution in [0.4, 0.5) is 0 Å². The first-order valence-electron chi connectivity index (χ1n) is 6.24. The second-order valence-corrected chi connectivity index (χ2v) is 4.56. The van der Waals surface area contributed by atoms with Crippen molar-refractivity contribution in [2.24, 2.45) is 7.05 Å². The van der Waals surface area contributed by atoms with E-state index in [4.69, 9.17) is 0 Å². The van der Waals surface area contributed by atoms with E-state index >= 15 is 0 Å². The van der Waals surface area contributed by atoms with E-state index in [2.05, 4.69) is 25.6 Å². The number of aromatic nitrogens is 5. The van der Waals surface area contributed by atoms with Crippen molar-refractivity contribution in [1.82, 2.24) is 30.3 Å². The Labute approximate surface area is 115 Å². The molecule has 0 aliphatic rings. The van der Waals surface area contributed by atoms with Crippen molar-refractivity contribution in [2.45, 2.75) is 13.0 Å². The number of rotatable bonds is 3. The zero-order chi connectivity index (χ0) is 14.1. The molecule has 20 heavy (non-hydrogen) atoms. The highest BCUT2D eigenvalue weighted by atomic mass is 16.2. The maximum atomic E-state index is 12.3. The van der Waals surface area contributed by atoms with Gasteiger partial charge in [0.2, 0.25) is 0 Å². The summed E-state index contributed by atoms with van der Waals surface area (Å²) in [7, 11) is 1.82. The molecule has 0 saturated heterocycles. The topological polar surface area (TPSA) is 88.5 Å². The molecule has 1 atom stereocenters. The zero-order valence-corrected chi connectivity index (χ0v) is 11.2. The van der Waals surface area contributed by atoms with Crippen LogP contribution in [-0.4, -0.2) is 30.9 Å². The van der Waals surface area contributed by atoms with Crippen LogP contribution in [0.1, 0.15) is 29.3 Å². The number of amides is 1. The quantitative estimate of drug-likeness (QED) is 0.748. The molecule has 3 rings (SSSR count). The molecule has 3 aromatic rings. The van der Waals surface area contributed by atoms with Crippen molar-refractivity contribution in [2.75, 3.05) is 0 Å². The van der Waals surface area contributed by atoms with E-state index < -0.39 is 0 Å². The van der Waals surface area contributed by atoms with Crippen LogP contribution < -0.4 is 5.32 Å². The number of para-hydroxylation sites is 1. The minimum atomic E-state index is -0.259. The molecule has 0 aliphatic carbocycles. The summed E-state index contributed by atoms with van der Waals surface area (Å²) in [6, 6.07) is 7.37. The summed E-state index contributed by atoms with van der Waals surface area (Å²) in [5.41, 5.74) is 1.33. The Hall–Kier alpha value is -2.70. The van der Waals surface area contributed by atoms with E-state index in [-0.39, 0.29) is 11.9 Å². The fraction of sp³-hybridized carbons (Fsp3) is 0.231. The van der Waals surface area contributed by atoms with E-state index in [1.807, 2.05) is 38.2 Å². The summed E-state index contributed by atoms with van der Waals surface area (Å²) in [5.74, 6) is 0.379. The molecule has 7 heteroatoms. The molecule has 0 saturated carbocycles. The molecule has 1 amide bonds. The molecule has 2 heterocycles. The lowest BCUT2D eigenvalue weighted by Crippen LogP contribution is -2.28. The maximum Gasteiger partial charge on any atom is 0.273 e. The summed E-state index contributed by atoms with van der Waals surface area (Å²) >= 11 is 0. The smallest absolute Gasteiger partial charge is 0.273 e. The van der Waals surface area contributed by atoms with Crippen LogP contribution in [0.25, 0.3) is 10.9 Å². The van der Waals surface area contributed by atoms with Crippen molar-refractivity contribution in [3.8, 4) is 0 Å². The molecule has 0 radical (unpaired) electrons. The first kappa shape index (κ1) is 12.3. The Bertz CT molecular complexity index is 745. The van der Waals surface area contributed by atoms with E-state index in [0.717, 1.165) is 10.9 Å². The number of hydrogen-bond acceptors (Lipinski definition) is 4. The van der Waals surface area contributed by atoms with Gasteiger partial charge < -0.3 is 5.32 Å². The van der Waals surface area contributed by atoms with Crippen molar-refractivity contribution < 1.29 is 4.79 Å². The van der Waals surface area contributed by atoms with Crippen molar-refractivity contribution in [1.29, 1.82) is 0 Å². The van der Waals surface area contributed by atoms with E-state index in [1.165, 1.54) is 6.33 Å². The molecule has 1 unspecified atom stereocenters. The van der Waals surface area contributed by atoms with Gasteiger partial charge in [0.1, 0.15) is 12.2 Å². The highest BCUT2D eigenvalue weighted by molar-refractivity contribution is 6.04. The largest absolute Gasteiger partial charge is 0.341 e. The van der Waals surface area contributed by atoms with Gasteiger partial charge in [-0.25, -0.2) is 4.98 Å². The summed E-state index contributed by atoms with van der Waals surface area (Å²) in [5, 5.41) is 14.5. The van der Waals surface area contributed by atoms with Crippen molar-refractivity contribution in [3.05, 3.63) is 42.1 Å². The number of H-pyrrole nitrogens is 1. The number of carbonyl (C=O) groups is 1. The molecule has 1 aromatic carbocycles. The lowest BCUT2D eigenvalue weighted by Gasteiger charge is -2.09. The van der Waals surface area contributed by atoms with Crippen LogP contribution in [0.15, 0.2) is 30.6 Å². The van der Waals surface area contributed by atoms with E-state index in [1.54, 1.807) is 4.68 Å². The number of hydrogen-bond donors (Lipinski definition) is 2. The molecule has 0 fully saturated rings. The Kier molecular flexibility index (Phi) is 2.94. The minimum Gasteiger partial charge on any atom is -0.341 e. The van der Waals surface area contributed by atoms with Crippen LogP contribution in [0.3, 0.4) is 0 Å². The summed E-state index contributed by atoms with van der Waals surface area (Å²) in [4.78, 5) is 16.4. The van der Waals surface area contributed by atoms with Gasteiger partial charge in [0.25, 0.3) is 5.91 Å². The normalized spacial score (nSPS) is 12.5. The van der Waals surface area contributed by atoms with Crippen molar-refractivity contribution in [3.63, 3.8) is 0 Å². The van der Waals surface area contributed by atoms with Crippen molar-refractivity contribution >= 4 is 16.8 Å². The van der Waals surface area contributed by atoms with Gasteiger partial charge in [-0.15, -0.1) is 0 Å². The van der Waals surface area contributed by atoms with E-state index in [9.17, 15) is 4.79 Å². The molecule has 2 N–H and O–H groups in total. The summed E-state index contributed by atoms with van der Waals surface area (Å²) in [6.45, 7) is 1.84. The predicted octanol–water partition coefficient (Wildman–Crippen LogP) is 1.18. The first-order chi connectivity index (χ1) is 9.66. The number of carbonyl (C=O) groups excluding carboxylic acids is 1. The van der Waals surface area contributed by atoms with Crippen LogP contribution in [0.2, 0.25) is 0 Å². The number of benzene rings is 1. The van der Waals surface area contributed by atoms with Crippen LogP contribution in [-0.2, 0) is 7.05 Å². The number of aromatic amines is 1. The molecular weight excluding hydrogens is 256 g/mol. The number of aryl methyl sites for hydroxylation is 1. The minimum absolute atomic E-state index is 0.231. The third-order valence-electron chi connectivity index (χ3n) is 3.16. The lowest BCUT2D eigenvalue weighted by atomic mass is 10.2. The Morgan fingerprint density at radius 1 is 1.40 bits per heavy atom. The van der Waals surface area contributed by atoms with Crippen LogP contribution >= 0.6 is 0 Å². The third kappa shape index (κ3) is 2.03. The second-order valence-electron chi connectivity index (χ2n) is 4.56.